The van der Waals surface area contributed by atoms with Crippen molar-refractivity contribution in [3.8, 4) is 17.2 Å². The minimum absolute atomic E-state index is 0.0849. The second-order valence-electron chi connectivity index (χ2n) is 7.95. The van der Waals surface area contributed by atoms with Crippen LogP contribution in [0.15, 0.2) is 46.0 Å². The molecule has 0 aliphatic heterocycles. The van der Waals surface area contributed by atoms with Crippen molar-refractivity contribution in [1.82, 2.24) is 9.13 Å². The lowest BCUT2D eigenvalue weighted by Gasteiger charge is -2.16. The van der Waals surface area contributed by atoms with Crippen LogP contribution in [0.5, 0.6) is 11.5 Å². The normalized spacial score (nSPS) is 12.2. The maximum atomic E-state index is 14.7. The molecule has 1 unspecified atom stereocenters. The van der Waals surface area contributed by atoms with Gasteiger partial charge in [-0.25, -0.2) is 18.5 Å². The third-order valence-corrected chi connectivity index (χ3v) is 5.62. The standard InChI is InChI=1S/C24H21ClF4N2O6/c1-12-7-14(5-6-18(12)37-13(2)22(33)35-4)11-36-19-9-17(16(26)8-15(19)25)31-21(32)10-20(24(27,28)29)30(3)23(31)34/h5-10,13H,11H2,1-4H3. The van der Waals surface area contributed by atoms with Gasteiger partial charge < -0.3 is 14.2 Å². The van der Waals surface area contributed by atoms with E-state index in [4.69, 9.17) is 21.1 Å². The summed E-state index contributed by atoms with van der Waals surface area (Å²) < 4.78 is 70.3. The number of nitrogens with zero attached hydrogens (tertiary/aromatic N) is 2. The first-order valence-corrected chi connectivity index (χ1v) is 11.0. The molecular weight excluding hydrogens is 524 g/mol. The van der Waals surface area contributed by atoms with Crippen molar-refractivity contribution in [2.75, 3.05) is 7.11 Å². The topological polar surface area (TPSA) is 88.8 Å². The summed E-state index contributed by atoms with van der Waals surface area (Å²) in [5.74, 6) is -1.35. The highest BCUT2D eigenvalue weighted by Gasteiger charge is 2.35. The molecule has 0 aliphatic carbocycles. The van der Waals surface area contributed by atoms with Crippen molar-refractivity contribution in [3.63, 3.8) is 0 Å². The van der Waals surface area contributed by atoms with E-state index in [9.17, 15) is 31.9 Å². The van der Waals surface area contributed by atoms with Crippen LogP contribution in [0.3, 0.4) is 0 Å². The third kappa shape index (κ3) is 5.96. The number of carbonyl (C=O) groups is 1. The summed E-state index contributed by atoms with van der Waals surface area (Å²) in [4.78, 5) is 36.5. The molecule has 0 amide bonds. The van der Waals surface area contributed by atoms with E-state index < -0.39 is 46.7 Å². The lowest BCUT2D eigenvalue weighted by atomic mass is 10.1. The molecule has 1 heterocycles. The van der Waals surface area contributed by atoms with Crippen LogP contribution in [-0.4, -0.2) is 28.3 Å². The predicted molar refractivity (Wildman–Crippen MR) is 125 cm³/mol. The molecule has 0 bridgehead atoms. The lowest BCUT2D eigenvalue weighted by molar-refractivity contribution is -0.148. The molecule has 198 valence electrons. The van der Waals surface area contributed by atoms with Crippen LogP contribution < -0.4 is 20.7 Å². The molecule has 3 rings (SSSR count). The molecule has 0 fully saturated rings. The summed E-state index contributed by atoms with van der Waals surface area (Å²) in [5, 5.41) is -0.193. The van der Waals surface area contributed by atoms with Crippen molar-refractivity contribution < 1.29 is 36.6 Å². The number of aromatic nitrogens is 2. The van der Waals surface area contributed by atoms with E-state index in [0.717, 1.165) is 19.2 Å². The quantitative estimate of drug-likeness (QED) is 0.328. The Morgan fingerprint density at radius 1 is 1.11 bits per heavy atom. The zero-order valence-electron chi connectivity index (χ0n) is 20.0. The zero-order valence-corrected chi connectivity index (χ0v) is 20.7. The number of halogens is 5. The first-order chi connectivity index (χ1) is 17.2. The Hall–Kier alpha value is -3.80. The number of hydrogen-bond acceptors (Lipinski definition) is 6. The fraction of sp³-hybridized carbons (Fsp3) is 0.292. The average molecular weight is 545 g/mol. The van der Waals surface area contributed by atoms with E-state index in [0.29, 0.717) is 16.9 Å². The smallest absolute Gasteiger partial charge is 0.431 e. The largest absolute Gasteiger partial charge is 0.487 e. The molecule has 1 aromatic heterocycles. The van der Waals surface area contributed by atoms with Gasteiger partial charge in [0, 0.05) is 19.2 Å². The molecule has 8 nitrogen and oxygen atoms in total. The minimum atomic E-state index is -4.96. The van der Waals surface area contributed by atoms with Crippen molar-refractivity contribution in [2.24, 2.45) is 7.05 Å². The van der Waals surface area contributed by atoms with Gasteiger partial charge in [-0.2, -0.15) is 13.2 Å². The molecule has 0 spiro atoms. The fourth-order valence-electron chi connectivity index (χ4n) is 3.42. The Morgan fingerprint density at radius 2 is 1.78 bits per heavy atom. The van der Waals surface area contributed by atoms with Crippen molar-refractivity contribution in [3.05, 3.63) is 84.9 Å². The summed E-state index contributed by atoms with van der Waals surface area (Å²) in [6.07, 6.45) is -5.79. The van der Waals surface area contributed by atoms with Crippen molar-refractivity contribution >= 4 is 17.6 Å². The highest BCUT2D eigenvalue weighted by Crippen LogP contribution is 2.31. The van der Waals surface area contributed by atoms with Gasteiger partial charge in [-0.05, 0) is 43.2 Å². The number of methoxy groups -OCH3 is 1. The molecule has 0 aliphatic rings. The van der Waals surface area contributed by atoms with Gasteiger partial charge >= 0.3 is 17.8 Å². The van der Waals surface area contributed by atoms with Crippen LogP contribution in [0.2, 0.25) is 5.02 Å². The summed E-state index contributed by atoms with van der Waals surface area (Å²) in [5.41, 5.74) is -3.60. The summed E-state index contributed by atoms with van der Waals surface area (Å²) in [6, 6.07) is 6.89. The molecule has 37 heavy (non-hydrogen) atoms. The summed E-state index contributed by atoms with van der Waals surface area (Å²) >= 11 is 6.06. The Kier molecular flexibility index (Phi) is 8.01. The Labute approximate surface area is 212 Å². The Balaban J connectivity index is 1.90. The first kappa shape index (κ1) is 27.8. The van der Waals surface area contributed by atoms with Gasteiger partial charge in [0.15, 0.2) is 6.10 Å². The van der Waals surface area contributed by atoms with E-state index in [2.05, 4.69) is 4.74 Å². The first-order valence-electron chi connectivity index (χ1n) is 10.6. The molecule has 0 radical (unpaired) electrons. The van der Waals surface area contributed by atoms with Crippen molar-refractivity contribution in [1.29, 1.82) is 0 Å². The van der Waals surface area contributed by atoms with Crippen molar-refractivity contribution in [2.45, 2.75) is 32.7 Å². The van der Waals surface area contributed by atoms with Crippen LogP contribution in [0, 0.1) is 12.7 Å². The van der Waals surface area contributed by atoms with Gasteiger partial charge in [0.1, 0.15) is 29.6 Å². The highest BCUT2D eigenvalue weighted by atomic mass is 35.5. The number of ether oxygens (including phenoxy) is 3. The maximum Gasteiger partial charge on any atom is 0.431 e. The number of aryl methyl sites for hydroxylation is 1. The number of carbonyl (C=O) groups excluding carboxylic acids is 1. The molecule has 3 aromatic rings. The Bertz CT molecular complexity index is 1470. The number of alkyl halides is 3. The monoisotopic (exact) mass is 544 g/mol. The molecule has 1 atom stereocenters. The molecule has 0 saturated heterocycles. The second kappa shape index (κ2) is 10.7. The number of rotatable bonds is 7. The van der Waals surface area contributed by atoms with Gasteiger partial charge in [-0.15, -0.1) is 0 Å². The molecular formula is C24H21ClF4N2O6. The SMILES string of the molecule is COC(=O)C(C)Oc1ccc(COc2cc(-n3c(=O)cc(C(F)(F)F)n(C)c3=O)c(F)cc2Cl)cc1C. The molecule has 0 saturated carbocycles. The maximum absolute atomic E-state index is 14.7. The fourth-order valence-corrected chi connectivity index (χ4v) is 3.62. The third-order valence-electron chi connectivity index (χ3n) is 5.32. The number of hydrogen-bond donors (Lipinski definition) is 0. The highest BCUT2D eigenvalue weighted by molar-refractivity contribution is 6.32. The van der Waals surface area contributed by atoms with Crippen LogP contribution >= 0.6 is 11.6 Å². The van der Waals surface area contributed by atoms with E-state index in [1.54, 1.807) is 25.1 Å². The molecule has 0 N–H and O–H groups in total. The summed E-state index contributed by atoms with van der Waals surface area (Å²) in [7, 11) is 2.06. The summed E-state index contributed by atoms with van der Waals surface area (Å²) in [6.45, 7) is 3.18. The second-order valence-corrected chi connectivity index (χ2v) is 8.36. The van der Waals surface area contributed by atoms with Crippen LogP contribution in [0.25, 0.3) is 5.69 Å². The van der Waals surface area contributed by atoms with Gasteiger partial charge in [-0.1, -0.05) is 17.7 Å². The average Bonchev–Trinajstić information content (AvgIpc) is 2.82. The predicted octanol–water partition coefficient (Wildman–Crippen LogP) is 4.18. The van der Waals surface area contributed by atoms with E-state index in [1.165, 1.54) is 14.0 Å². The van der Waals surface area contributed by atoms with Crippen LogP contribution in [0.1, 0.15) is 23.7 Å². The Morgan fingerprint density at radius 3 is 2.38 bits per heavy atom. The number of esters is 1. The van der Waals surface area contributed by atoms with E-state index in [1.807, 2.05) is 0 Å². The van der Waals surface area contributed by atoms with Gasteiger partial charge in [-0.3, -0.25) is 9.36 Å². The lowest BCUT2D eigenvalue weighted by Crippen LogP contribution is -2.41. The molecule has 13 heteroatoms. The van der Waals surface area contributed by atoms with E-state index >= 15 is 0 Å². The van der Waals surface area contributed by atoms with E-state index in [-0.39, 0.29) is 32.6 Å². The van der Waals surface area contributed by atoms with Gasteiger partial charge in [0.25, 0.3) is 5.56 Å². The zero-order chi connectivity index (χ0) is 27.7. The minimum Gasteiger partial charge on any atom is -0.487 e. The van der Waals surface area contributed by atoms with Crippen LogP contribution in [-0.2, 0) is 29.4 Å². The number of benzene rings is 2. The van der Waals surface area contributed by atoms with Gasteiger partial charge in [0.05, 0.1) is 17.8 Å². The molecule has 2 aromatic carbocycles. The van der Waals surface area contributed by atoms with Crippen LogP contribution in [0.4, 0.5) is 17.6 Å². The van der Waals surface area contributed by atoms with Gasteiger partial charge in [0.2, 0.25) is 0 Å².